The van der Waals surface area contributed by atoms with Gasteiger partial charge in [0, 0.05) is 22.9 Å². The Hall–Kier alpha value is -1.94. The van der Waals surface area contributed by atoms with E-state index in [1.807, 2.05) is 42.1 Å². The molecule has 23 heavy (non-hydrogen) atoms. The van der Waals surface area contributed by atoms with E-state index in [4.69, 9.17) is 0 Å². The van der Waals surface area contributed by atoms with Gasteiger partial charge in [0.05, 0.1) is 12.2 Å². The standard InChI is InChI=1S/C19H22N2OS/c1-14(2)15-7-3-4-8-16(15)20-19(22)13-21-11-12-23-18-10-6-5-9-17(18)21/h3-10,14H,11-13H2,1-2H3,(H,20,22). The van der Waals surface area contributed by atoms with Crippen molar-refractivity contribution < 1.29 is 4.79 Å². The summed E-state index contributed by atoms with van der Waals surface area (Å²) in [6.45, 7) is 5.58. The number of nitrogens with zero attached hydrogens (tertiary/aromatic N) is 1. The van der Waals surface area contributed by atoms with E-state index in [0.29, 0.717) is 12.5 Å². The molecule has 0 saturated heterocycles. The average Bonchev–Trinajstić information content (AvgIpc) is 2.55. The first-order valence-corrected chi connectivity index (χ1v) is 8.99. The number of nitrogens with one attached hydrogen (secondary N) is 1. The van der Waals surface area contributed by atoms with Gasteiger partial charge in [0.2, 0.25) is 5.91 Å². The van der Waals surface area contributed by atoms with Crippen molar-refractivity contribution in [1.29, 1.82) is 0 Å². The maximum atomic E-state index is 12.5. The SMILES string of the molecule is CC(C)c1ccccc1NC(=O)CN1CCSc2ccccc21. The van der Waals surface area contributed by atoms with E-state index >= 15 is 0 Å². The highest BCUT2D eigenvalue weighted by Crippen LogP contribution is 2.34. The summed E-state index contributed by atoms with van der Waals surface area (Å²) in [5, 5.41) is 3.08. The Morgan fingerprint density at radius 2 is 1.91 bits per heavy atom. The molecule has 0 saturated carbocycles. The minimum absolute atomic E-state index is 0.0415. The maximum absolute atomic E-state index is 12.5. The fourth-order valence-corrected chi connectivity index (χ4v) is 3.92. The molecular weight excluding hydrogens is 304 g/mol. The van der Waals surface area contributed by atoms with Crippen molar-refractivity contribution in [3.8, 4) is 0 Å². The zero-order valence-corrected chi connectivity index (χ0v) is 14.4. The molecule has 2 aromatic carbocycles. The predicted molar refractivity (Wildman–Crippen MR) is 98.5 cm³/mol. The van der Waals surface area contributed by atoms with Crippen molar-refractivity contribution in [3.05, 3.63) is 54.1 Å². The fraction of sp³-hybridized carbons (Fsp3) is 0.316. The minimum Gasteiger partial charge on any atom is -0.360 e. The monoisotopic (exact) mass is 326 g/mol. The van der Waals surface area contributed by atoms with Crippen LogP contribution in [0.15, 0.2) is 53.4 Å². The van der Waals surface area contributed by atoms with Crippen molar-refractivity contribution >= 4 is 29.0 Å². The first-order valence-electron chi connectivity index (χ1n) is 8.00. The number of benzene rings is 2. The minimum atomic E-state index is 0.0415. The molecule has 2 aromatic rings. The molecule has 0 aliphatic carbocycles. The highest BCUT2D eigenvalue weighted by molar-refractivity contribution is 7.99. The van der Waals surface area contributed by atoms with E-state index < -0.39 is 0 Å². The van der Waals surface area contributed by atoms with E-state index in [0.717, 1.165) is 23.7 Å². The molecule has 1 heterocycles. The Morgan fingerprint density at radius 1 is 1.17 bits per heavy atom. The third kappa shape index (κ3) is 3.70. The van der Waals surface area contributed by atoms with Gasteiger partial charge in [-0.2, -0.15) is 0 Å². The highest BCUT2D eigenvalue weighted by Gasteiger charge is 2.19. The van der Waals surface area contributed by atoms with Crippen molar-refractivity contribution in [3.63, 3.8) is 0 Å². The molecule has 1 N–H and O–H groups in total. The van der Waals surface area contributed by atoms with Gasteiger partial charge in [0.25, 0.3) is 0 Å². The van der Waals surface area contributed by atoms with Crippen LogP contribution in [0.3, 0.4) is 0 Å². The Labute approximate surface area is 142 Å². The molecule has 0 unspecified atom stereocenters. The van der Waals surface area contributed by atoms with E-state index in [1.165, 1.54) is 10.5 Å². The second kappa shape index (κ2) is 7.09. The first kappa shape index (κ1) is 15.9. The molecule has 3 nitrogen and oxygen atoms in total. The van der Waals surface area contributed by atoms with Crippen LogP contribution in [0.2, 0.25) is 0 Å². The molecule has 0 aromatic heterocycles. The lowest BCUT2D eigenvalue weighted by Crippen LogP contribution is -2.36. The largest absolute Gasteiger partial charge is 0.360 e. The van der Waals surface area contributed by atoms with Gasteiger partial charge >= 0.3 is 0 Å². The zero-order chi connectivity index (χ0) is 16.2. The Balaban J connectivity index is 1.72. The number of thioether (sulfide) groups is 1. The number of fused-ring (bicyclic) bond motifs is 1. The number of carbonyl (C=O) groups is 1. The highest BCUT2D eigenvalue weighted by atomic mass is 32.2. The third-order valence-electron chi connectivity index (χ3n) is 4.02. The molecule has 120 valence electrons. The lowest BCUT2D eigenvalue weighted by atomic mass is 10.0. The maximum Gasteiger partial charge on any atom is 0.243 e. The van der Waals surface area contributed by atoms with E-state index in [-0.39, 0.29) is 5.91 Å². The number of hydrogen-bond acceptors (Lipinski definition) is 3. The second-order valence-electron chi connectivity index (χ2n) is 6.03. The van der Waals surface area contributed by atoms with Crippen LogP contribution in [0.4, 0.5) is 11.4 Å². The number of para-hydroxylation sites is 2. The quantitative estimate of drug-likeness (QED) is 0.906. The van der Waals surface area contributed by atoms with Gasteiger partial charge in [0.1, 0.15) is 0 Å². The van der Waals surface area contributed by atoms with Gasteiger partial charge in [-0.25, -0.2) is 0 Å². The van der Waals surface area contributed by atoms with E-state index in [9.17, 15) is 4.79 Å². The molecule has 1 aliphatic rings. The van der Waals surface area contributed by atoms with Gasteiger partial charge < -0.3 is 10.2 Å². The van der Waals surface area contributed by atoms with Crippen molar-refractivity contribution in [1.82, 2.24) is 0 Å². The van der Waals surface area contributed by atoms with Gasteiger partial charge in [-0.1, -0.05) is 44.2 Å². The molecule has 0 radical (unpaired) electrons. The van der Waals surface area contributed by atoms with Crippen LogP contribution in [0.5, 0.6) is 0 Å². The summed E-state index contributed by atoms with van der Waals surface area (Å²) in [6.07, 6.45) is 0. The Morgan fingerprint density at radius 3 is 2.74 bits per heavy atom. The number of hydrogen-bond donors (Lipinski definition) is 1. The summed E-state index contributed by atoms with van der Waals surface area (Å²) in [4.78, 5) is 15.9. The summed E-state index contributed by atoms with van der Waals surface area (Å²) in [7, 11) is 0. The predicted octanol–water partition coefficient (Wildman–Crippen LogP) is 4.36. The van der Waals surface area contributed by atoms with Crippen molar-refractivity contribution in [2.75, 3.05) is 29.1 Å². The third-order valence-corrected chi connectivity index (χ3v) is 5.06. The van der Waals surface area contributed by atoms with Crippen LogP contribution in [0.25, 0.3) is 0 Å². The number of anilines is 2. The number of rotatable bonds is 4. The summed E-state index contributed by atoms with van der Waals surface area (Å²) in [5.41, 5.74) is 3.26. The Bertz CT molecular complexity index is 699. The number of amides is 1. The molecule has 0 spiro atoms. The molecule has 1 amide bonds. The summed E-state index contributed by atoms with van der Waals surface area (Å²) in [6, 6.07) is 16.3. The molecule has 0 fully saturated rings. The average molecular weight is 326 g/mol. The smallest absolute Gasteiger partial charge is 0.243 e. The molecule has 0 atom stereocenters. The fourth-order valence-electron chi connectivity index (χ4n) is 2.87. The van der Waals surface area contributed by atoms with Gasteiger partial charge in [-0.3, -0.25) is 4.79 Å². The lowest BCUT2D eigenvalue weighted by molar-refractivity contribution is -0.115. The molecule has 0 bridgehead atoms. The van der Waals surface area contributed by atoms with Crippen LogP contribution in [0.1, 0.15) is 25.3 Å². The zero-order valence-electron chi connectivity index (χ0n) is 13.6. The second-order valence-corrected chi connectivity index (χ2v) is 7.16. The van der Waals surface area contributed by atoms with Crippen LogP contribution in [-0.2, 0) is 4.79 Å². The number of carbonyl (C=O) groups excluding carboxylic acids is 1. The Kier molecular flexibility index (Phi) is 4.91. The molecular formula is C19H22N2OS. The lowest BCUT2D eigenvalue weighted by Gasteiger charge is -2.30. The van der Waals surface area contributed by atoms with E-state index in [2.05, 4.69) is 42.3 Å². The van der Waals surface area contributed by atoms with Crippen molar-refractivity contribution in [2.24, 2.45) is 0 Å². The molecule has 4 heteroatoms. The van der Waals surface area contributed by atoms with E-state index in [1.54, 1.807) is 0 Å². The summed E-state index contributed by atoms with van der Waals surface area (Å²) >= 11 is 1.86. The van der Waals surface area contributed by atoms with Crippen LogP contribution in [-0.4, -0.2) is 24.7 Å². The summed E-state index contributed by atoms with van der Waals surface area (Å²) in [5.74, 6) is 1.45. The molecule has 3 rings (SSSR count). The van der Waals surface area contributed by atoms with Crippen molar-refractivity contribution in [2.45, 2.75) is 24.7 Å². The van der Waals surface area contributed by atoms with Crippen LogP contribution >= 0.6 is 11.8 Å². The van der Waals surface area contributed by atoms with Crippen LogP contribution < -0.4 is 10.2 Å². The first-order chi connectivity index (χ1) is 11.1. The topological polar surface area (TPSA) is 32.3 Å². The molecule has 1 aliphatic heterocycles. The van der Waals surface area contributed by atoms with Gasteiger partial charge in [-0.15, -0.1) is 11.8 Å². The normalized spacial score (nSPS) is 13.8. The summed E-state index contributed by atoms with van der Waals surface area (Å²) < 4.78 is 0. The van der Waals surface area contributed by atoms with Crippen LogP contribution in [0, 0.1) is 0 Å². The van der Waals surface area contributed by atoms with Gasteiger partial charge in [0.15, 0.2) is 0 Å². The van der Waals surface area contributed by atoms with Gasteiger partial charge in [-0.05, 0) is 29.7 Å².